The zero-order valence-electron chi connectivity index (χ0n) is 7.46. The summed E-state index contributed by atoms with van der Waals surface area (Å²) in [6.07, 6.45) is 0. The third kappa shape index (κ3) is 1.91. The van der Waals surface area contributed by atoms with Gasteiger partial charge in [-0.2, -0.15) is 0 Å². The zero-order valence-corrected chi connectivity index (χ0v) is 8.97. The van der Waals surface area contributed by atoms with Crippen LogP contribution in [0.15, 0.2) is 18.2 Å². The Morgan fingerprint density at radius 1 is 1.27 bits per heavy atom. The number of carbonyl (C=O) groups is 2. The number of hydrogen-bond donors (Lipinski definition) is 1. The molecular formula is C9H6Cl2N2O2. The van der Waals surface area contributed by atoms with Crippen LogP contribution in [0.2, 0.25) is 10.0 Å². The minimum absolute atomic E-state index is 0.0289. The molecule has 1 aliphatic rings. The number of halogens is 2. The van der Waals surface area contributed by atoms with Gasteiger partial charge >= 0.3 is 6.03 Å². The number of carbonyl (C=O) groups excluding carboxylic acids is 2. The first-order chi connectivity index (χ1) is 7.08. The highest BCUT2D eigenvalue weighted by Crippen LogP contribution is 2.29. The van der Waals surface area contributed by atoms with Crippen LogP contribution in [-0.4, -0.2) is 18.5 Å². The summed E-state index contributed by atoms with van der Waals surface area (Å²) in [5.74, 6) is -0.351. The minimum atomic E-state index is -0.482. The van der Waals surface area contributed by atoms with Crippen molar-refractivity contribution in [1.82, 2.24) is 5.32 Å². The predicted molar refractivity (Wildman–Crippen MR) is 57.3 cm³/mol. The van der Waals surface area contributed by atoms with Crippen molar-refractivity contribution in [1.29, 1.82) is 0 Å². The van der Waals surface area contributed by atoms with E-state index in [0.29, 0.717) is 15.7 Å². The molecule has 4 nitrogen and oxygen atoms in total. The fourth-order valence-corrected chi connectivity index (χ4v) is 1.71. The Bertz CT molecular complexity index is 448. The van der Waals surface area contributed by atoms with E-state index in [0.717, 1.165) is 0 Å². The Hall–Kier alpha value is -1.26. The van der Waals surface area contributed by atoms with Gasteiger partial charge in [-0.05, 0) is 18.2 Å². The van der Waals surface area contributed by atoms with Gasteiger partial charge in [0, 0.05) is 5.02 Å². The summed E-state index contributed by atoms with van der Waals surface area (Å²) in [5.41, 5.74) is 0.438. The van der Waals surface area contributed by atoms with Crippen molar-refractivity contribution in [2.75, 3.05) is 11.4 Å². The normalized spacial score (nSPS) is 15.7. The summed E-state index contributed by atoms with van der Waals surface area (Å²) >= 11 is 11.7. The van der Waals surface area contributed by atoms with Crippen molar-refractivity contribution in [3.05, 3.63) is 28.2 Å². The summed E-state index contributed by atoms with van der Waals surface area (Å²) in [6, 6.07) is 4.25. The van der Waals surface area contributed by atoms with Crippen LogP contribution in [0.5, 0.6) is 0 Å². The Labute approximate surface area is 95.8 Å². The van der Waals surface area contributed by atoms with Gasteiger partial charge in [-0.25, -0.2) is 4.79 Å². The molecule has 1 aromatic carbocycles. The molecule has 0 atom stereocenters. The van der Waals surface area contributed by atoms with E-state index in [2.05, 4.69) is 5.32 Å². The quantitative estimate of drug-likeness (QED) is 0.769. The number of benzene rings is 1. The first-order valence-electron chi connectivity index (χ1n) is 4.14. The van der Waals surface area contributed by atoms with Crippen LogP contribution >= 0.6 is 23.2 Å². The van der Waals surface area contributed by atoms with Crippen LogP contribution < -0.4 is 10.2 Å². The summed E-state index contributed by atoms with van der Waals surface area (Å²) in [7, 11) is 0. The van der Waals surface area contributed by atoms with E-state index < -0.39 is 6.03 Å². The molecule has 0 saturated carbocycles. The molecule has 0 aromatic heterocycles. The summed E-state index contributed by atoms with van der Waals surface area (Å²) in [6.45, 7) is -0.0289. The van der Waals surface area contributed by atoms with Gasteiger partial charge in [-0.3, -0.25) is 15.0 Å². The lowest BCUT2D eigenvalue weighted by atomic mass is 10.3. The van der Waals surface area contributed by atoms with Crippen LogP contribution in [0.1, 0.15) is 0 Å². The number of amides is 3. The fourth-order valence-electron chi connectivity index (χ4n) is 1.33. The highest BCUT2D eigenvalue weighted by atomic mass is 35.5. The topological polar surface area (TPSA) is 49.4 Å². The zero-order chi connectivity index (χ0) is 11.0. The highest BCUT2D eigenvalue weighted by Gasteiger charge is 2.29. The number of urea groups is 1. The van der Waals surface area contributed by atoms with Crippen LogP contribution in [0.3, 0.4) is 0 Å². The molecule has 0 bridgehead atoms. The molecule has 78 valence electrons. The summed E-state index contributed by atoms with van der Waals surface area (Å²) in [5, 5.41) is 3.00. The maximum absolute atomic E-state index is 11.3. The van der Waals surface area contributed by atoms with E-state index in [1.54, 1.807) is 18.2 Å². The first kappa shape index (κ1) is 10.3. The van der Waals surface area contributed by atoms with Crippen LogP contribution in [-0.2, 0) is 4.79 Å². The molecule has 0 aliphatic carbocycles. The molecule has 1 fully saturated rings. The second kappa shape index (κ2) is 3.72. The van der Waals surface area contributed by atoms with E-state index in [9.17, 15) is 9.59 Å². The lowest BCUT2D eigenvalue weighted by Crippen LogP contribution is -2.28. The van der Waals surface area contributed by atoms with Crippen molar-refractivity contribution < 1.29 is 9.59 Å². The molecule has 1 heterocycles. The maximum Gasteiger partial charge on any atom is 0.329 e. The lowest BCUT2D eigenvalue weighted by Gasteiger charge is -2.14. The second-order valence-corrected chi connectivity index (χ2v) is 3.88. The predicted octanol–water partition coefficient (Wildman–Crippen LogP) is 2.05. The number of imide groups is 1. The van der Waals surface area contributed by atoms with Crippen molar-refractivity contribution in [3.8, 4) is 0 Å². The van der Waals surface area contributed by atoms with Crippen molar-refractivity contribution in [2.24, 2.45) is 0 Å². The van der Waals surface area contributed by atoms with Gasteiger partial charge in [0.2, 0.25) is 5.91 Å². The molecular weight excluding hydrogens is 239 g/mol. The molecule has 2 rings (SSSR count). The monoisotopic (exact) mass is 244 g/mol. The molecule has 1 N–H and O–H groups in total. The Kier molecular flexibility index (Phi) is 2.54. The van der Waals surface area contributed by atoms with Gasteiger partial charge in [-0.1, -0.05) is 23.2 Å². The minimum Gasteiger partial charge on any atom is -0.283 e. The first-order valence-corrected chi connectivity index (χ1v) is 4.90. The Morgan fingerprint density at radius 3 is 2.60 bits per heavy atom. The largest absolute Gasteiger partial charge is 0.329 e. The Balaban J connectivity index is 2.41. The molecule has 3 amide bonds. The van der Waals surface area contributed by atoms with E-state index in [-0.39, 0.29) is 12.5 Å². The number of nitrogens with one attached hydrogen (secondary N) is 1. The smallest absolute Gasteiger partial charge is 0.283 e. The molecule has 6 heteroatoms. The Morgan fingerprint density at radius 2 is 2.00 bits per heavy atom. The number of rotatable bonds is 1. The molecule has 15 heavy (non-hydrogen) atoms. The molecule has 0 unspecified atom stereocenters. The molecule has 1 aromatic rings. The third-order valence-corrected chi connectivity index (χ3v) is 2.55. The average Bonchev–Trinajstić information content (AvgIpc) is 2.50. The summed E-state index contributed by atoms with van der Waals surface area (Å²) < 4.78 is 0. The fraction of sp³-hybridized carbons (Fsp3) is 0.111. The van der Waals surface area contributed by atoms with Crippen LogP contribution in [0.4, 0.5) is 10.5 Å². The van der Waals surface area contributed by atoms with Crippen molar-refractivity contribution in [3.63, 3.8) is 0 Å². The number of hydrogen-bond acceptors (Lipinski definition) is 2. The van der Waals surface area contributed by atoms with Crippen molar-refractivity contribution >= 4 is 40.8 Å². The van der Waals surface area contributed by atoms with E-state index in [4.69, 9.17) is 23.2 Å². The second-order valence-electron chi connectivity index (χ2n) is 3.04. The van der Waals surface area contributed by atoms with E-state index in [1.165, 1.54) is 4.90 Å². The molecule has 1 aliphatic heterocycles. The van der Waals surface area contributed by atoms with Crippen LogP contribution in [0.25, 0.3) is 0 Å². The number of nitrogens with zero attached hydrogens (tertiary/aromatic N) is 1. The maximum atomic E-state index is 11.3. The van der Waals surface area contributed by atoms with Crippen molar-refractivity contribution in [2.45, 2.75) is 0 Å². The lowest BCUT2D eigenvalue weighted by molar-refractivity contribution is -0.117. The van der Waals surface area contributed by atoms with Gasteiger partial charge in [0.25, 0.3) is 0 Å². The summed E-state index contributed by atoms with van der Waals surface area (Å²) in [4.78, 5) is 23.6. The molecule has 1 saturated heterocycles. The van der Waals surface area contributed by atoms with Gasteiger partial charge < -0.3 is 0 Å². The van der Waals surface area contributed by atoms with Crippen LogP contribution in [0, 0.1) is 0 Å². The third-order valence-electron chi connectivity index (χ3n) is 1.99. The molecule has 0 spiro atoms. The van der Waals surface area contributed by atoms with Gasteiger partial charge in [0.05, 0.1) is 10.7 Å². The average molecular weight is 245 g/mol. The van der Waals surface area contributed by atoms with Gasteiger partial charge in [0.1, 0.15) is 6.54 Å². The van der Waals surface area contributed by atoms with E-state index in [1.807, 2.05) is 0 Å². The SMILES string of the molecule is O=C1CN(c2cc(Cl)ccc2Cl)C(=O)N1. The standard InChI is InChI=1S/C9H6Cl2N2O2/c10-5-1-2-6(11)7(3-5)13-4-8(14)12-9(13)15/h1-3H,4H2,(H,12,14,15). The van der Waals surface area contributed by atoms with E-state index >= 15 is 0 Å². The van der Waals surface area contributed by atoms with Gasteiger partial charge in [-0.15, -0.1) is 0 Å². The van der Waals surface area contributed by atoms with Gasteiger partial charge in [0.15, 0.2) is 0 Å². The number of anilines is 1. The highest BCUT2D eigenvalue weighted by molar-refractivity contribution is 6.36. The molecule has 0 radical (unpaired) electrons.